The Morgan fingerprint density at radius 3 is 2.43 bits per heavy atom. The minimum absolute atomic E-state index is 0.0681. The first-order chi connectivity index (χ1) is 10.1. The Hall–Kier alpha value is -1.39. The van der Waals surface area contributed by atoms with Gasteiger partial charge in [0.25, 0.3) is 0 Å². The normalized spacial score (nSPS) is 17.1. The molecule has 0 radical (unpaired) electrons. The lowest BCUT2D eigenvalue weighted by atomic mass is 9.97. The molecule has 0 saturated carbocycles. The molecule has 1 aromatic rings. The van der Waals surface area contributed by atoms with Crippen LogP contribution in [-0.2, 0) is 4.79 Å². The molecule has 1 fully saturated rings. The maximum Gasteiger partial charge on any atom is 0.238 e. The Balaban J connectivity index is 1.79. The van der Waals surface area contributed by atoms with Gasteiger partial charge in [-0.2, -0.15) is 0 Å². The number of nitrogens with one attached hydrogen (secondary N) is 1. The smallest absolute Gasteiger partial charge is 0.238 e. The minimum atomic E-state index is 0.0681. The molecular weight excluding hydrogens is 262 g/mol. The molecule has 0 aliphatic carbocycles. The molecule has 4 heteroatoms. The van der Waals surface area contributed by atoms with Crippen LogP contribution in [-0.4, -0.2) is 37.0 Å². The second kappa shape index (κ2) is 7.57. The van der Waals surface area contributed by atoms with Gasteiger partial charge in [-0.1, -0.05) is 26.0 Å². The topological polar surface area (TPSA) is 58.4 Å². The standard InChI is InChI=1S/C17H27N3O/c1-13(2)15-3-5-16(6-4-15)19-17(21)12-20-9-7-14(11-18)8-10-20/h3-6,13-14H,7-12,18H2,1-2H3,(H,19,21). The van der Waals surface area contributed by atoms with Crippen LogP contribution in [0.15, 0.2) is 24.3 Å². The Bertz CT molecular complexity index is 448. The monoisotopic (exact) mass is 289 g/mol. The molecule has 2 rings (SSSR count). The first kappa shape index (κ1) is 16.0. The highest BCUT2D eigenvalue weighted by atomic mass is 16.2. The average molecular weight is 289 g/mol. The van der Waals surface area contributed by atoms with Crippen LogP contribution in [0.4, 0.5) is 5.69 Å². The van der Waals surface area contributed by atoms with Crippen molar-refractivity contribution in [2.24, 2.45) is 11.7 Å². The van der Waals surface area contributed by atoms with Crippen molar-refractivity contribution in [1.29, 1.82) is 0 Å². The summed E-state index contributed by atoms with van der Waals surface area (Å²) in [5.41, 5.74) is 7.85. The van der Waals surface area contributed by atoms with E-state index in [1.807, 2.05) is 12.1 Å². The lowest BCUT2D eigenvalue weighted by Gasteiger charge is -2.30. The quantitative estimate of drug-likeness (QED) is 0.875. The molecule has 4 nitrogen and oxygen atoms in total. The number of nitrogens with zero attached hydrogens (tertiary/aromatic N) is 1. The highest BCUT2D eigenvalue weighted by Gasteiger charge is 2.19. The van der Waals surface area contributed by atoms with Gasteiger partial charge in [0.15, 0.2) is 0 Å². The first-order valence-electron chi connectivity index (χ1n) is 7.90. The minimum Gasteiger partial charge on any atom is -0.330 e. The molecular formula is C17H27N3O. The van der Waals surface area contributed by atoms with Crippen molar-refractivity contribution in [3.8, 4) is 0 Å². The lowest BCUT2D eigenvalue weighted by molar-refractivity contribution is -0.117. The van der Waals surface area contributed by atoms with Gasteiger partial charge in [-0.05, 0) is 62.0 Å². The molecule has 0 atom stereocenters. The second-order valence-electron chi connectivity index (χ2n) is 6.28. The lowest BCUT2D eigenvalue weighted by Crippen LogP contribution is -2.40. The summed E-state index contributed by atoms with van der Waals surface area (Å²) in [5.74, 6) is 1.21. The van der Waals surface area contributed by atoms with E-state index in [0.29, 0.717) is 18.4 Å². The zero-order valence-electron chi connectivity index (χ0n) is 13.1. The molecule has 3 N–H and O–H groups in total. The Morgan fingerprint density at radius 2 is 1.90 bits per heavy atom. The first-order valence-corrected chi connectivity index (χ1v) is 7.90. The summed E-state index contributed by atoms with van der Waals surface area (Å²) in [6.07, 6.45) is 2.21. The molecule has 21 heavy (non-hydrogen) atoms. The van der Waals surface area contributed by atoms with Crippen LogP contribution >= 0.6 is 0 Å². The molecule has 116 valence electrons. The SMILES string of the molecule is CC(C)c1ccc(NC(=O)CN2CCC(CN)CC2)cc1. The van der Waals surface area contributed by atoms with Crippen LogP contribution in [0.3, 0.4) is 0 Å². The number of carbonyl (C=O) groups is 1. The van der Waals surface area contributed by atoms with Crippen molar-refractivity contribution in [3.05, 3.63) is 29.8 Å². The summed E-state index contributed by atoms with van der Waals surface area (Å²) in [6, 6.07) is 8.11. The van der Waals surface area contributed by atoms with E-state index in [1.165, 1.54) is 5.56 Å². The summed E-state index contributed by atoms with van der Waals surface area (Å²) < 4.78 is 0. The highest BCUT2D eigenvalue weighted by molar-refractivity contribution is 5.92. The van der Waals surface area contributed by atoms with E-state index in [4.69, 9.17) is 5.73 Å². The van der Waals surface area contributed by atoms with E-state index in [2.05, 4.69) is 36.2 Å². The number of hydrogen-bond acceptors (Lipinski definition) is 3. The maximum atomic E-state index is 12.1. The largest absolute Gasteiger partial charge is 0.330 e. The van der Waals surface area contributed by atoms with Gasteiger partial charge < -0.3 is 11.1 Å². The van der Waals surface area contributed by atoms with Crippen LogP contribution in [0.1, 0.15) is 38.2 Å². The molecule has 1 heterocycles. The molecule has 0 aromatic heterocycles. The Kier molecular flexibility index (Phi) is 5.76. The van der Waals surface area contributed by atoms with Crippen molar-refractivity contribution in [1.82, 2.24) is 4.90 Å². The van der Waals surface area contributed by atoms with Gasteiger partial charge >= 0.3 is 0 Å². The summed E-state index contributed by atoms with van der Waals surface area (Å²) >= 11 is 0. The predicted octanol–water partition coefficient (Wildman–Crippen LogP) is 2.42. The van der Waals surface area contributed by atoms with Crippen LogP contribution in [0.2, 0.25) is 0 Å². The predicted molar refractivity (Wildman–Crippen MR) is 87.4 cm³/mol. The van der Waals surface area contributed by atoms with E-state index in [0.717, 1.165) is 38.2 Å². The molecule has 0 bridgehead atoms. The fourth-order valence-electron chi connectivity index (χ4n) is 2.74. The van der Waals surface area contributed by atoms with Crippen molar-refractivity contribution in [2.75, 3.05) is 31.5 Å². The molecule has 0 unspecified atom stereocenters. The van der Waals surface area contributed by atoms with Crippen molar-refractivity contribution < 1.29 is 4.79 Å². The Morgan fingerprint density at radius 1 is 1.29 bits per heavy atom. The van der Waals surface area contributed by atoms with E-state index >= 15 is 0 Å². The molecule has 1 amide bonds. The van der Waals surface area contributed by atoms with Crippen LogP contribution < -0.4 is 11.1 Å². The third-order valence-corrected chi connectivity index (χ3v) is 4.27. The van der Waals surface area contributed by atoms with E-state index < -0.39 is 0 Å². The number of anilines is 1. The zero-order valence-corrected chi connectivity index (χ0v) is 13.1. The van der Waals surface area contributed by atoms with Crippen LogP contribution in [0.5, 0.6) is 0 Å². The van der Waals surface area contributed by atoms with Gasteiger partial charge in [-0.25, -0.2) is 0 Å². The van der Waals surface area contributed by atoms with Gasteiger partial charge in [0.1, 0.15) is 0 Å². The number of amides is 1. The fourth-order valence-corrected chi connectivity index (χ4v) is 2.74. The Labute approximate surface area is 127 Å². The van der Waals surface area contributed by atoms with Gasteiger partial charge in [0, 0.05) is 5.69 Å². The van der Waals surface area contributed by atoms with Crippen LogP contribution in [0, 0.1) is 5.92 Å². The number of nitrogens with two attached hydrogens (primary N) is 1. The third kappa shape index (κ3) is 4.83. The summed E-state index contributed by atoms with van der Waals surface area (Å²) in [4.78, 5) is 14.3. The average Bonchev–Trinajstić information content (AvgIpc) is 2.48. The summed E-state index contributed by atoms with van der Waals surface area (Å²) in [5, 5.41) is 2.98. The molecule has 1 aromatic carbocycles. The number of rotatable bonds is 5. The molecule has 1 aliphatic rings. The second-order valence-corrected chi connectivity index (χ2v) is 6.28. The van der Waals surface area contributed by atoms with Crippen molar-refractivity contribution in [2.45, 2.75) is 32.6 Å². The summed E-state index contributed by atoms with van der Waals surface area (Å²) in [6.45, 7) is 7.52. The highest BCUT2D eigenvalue weighted by Crippen LogP contribution is 2.18. The number of benzene rings is 1. The summed E-state index contributed by atoms with van der Waals surface area (Å²) in [7, 11) is 0. The molecule has 1 aliphatic heterocycles. The zero-order chi connectivity index (χ0) is 15.2. The van der Waals surface area contributed by atoms with Gasteiger partial charge in [-0.15, -0.1) is 0 Å². The van der Waals surface area contributed by atoms with Gasteiger partial charge in [0.2, 0.25) is 5.91 Å². The van der Waals surface area contributed by atoms with Crippen molar-refractivity contribution >= 4 is 11.6 Å². The third-order valence-electron chi connectivity index (χ3n) is 4.27. The van der Waals surface area contributed by atoms with Crippen molar-refractivity contribution in [3.63, 3.8) is 0 Å². The van der Waals surface area contributed by atoms with E-state index in [9.17, 15) is 4.79 Å². The number of hydrogen-bond donors (Lipinski definition) is 2. The number of carbonyl (C=O) groups excluding carboxylic acids is 1. The number of piperidine rings is 1. The fraction of sp³-hybridized carbons (Fsp3) is 0.588. The number of likely N-dealkylation sites (tertiary alicyclic amines) is 1. The van der Waals surface area contributed by atoms with E-state index in [-0.39, 0.29) is 5.91 Å². The molecule has 1 saturated heterocycles. The molecule has 0 spiro atoms. The van der Waals surface area contributed by atoms with E-state index in [1.54, 1.807) is 0 Å². The van der Waals surface area contributed by atoms with Crippen LogP contribution in [0.25, 0.3) is 0 Å². The van der Waals surface area contributed by atoms with Gasteiger partial charge in [-0.3, -0.25) is 9.69 Å². The van der Waals surface area contributed by atoms with Gasteiger partial charge in [0.05, 0.1) is 6.54 Å². The maximum absolute atomic E-state index is 12.1.